The van der Waals surface area contributed by atoms with E-state index in [-0.39, 0.29) is 11.8 Å². The standard InChI is InChI=1S/C18H20F3NO/c19-18(20,21)15-10-4-5-12-17(15)23-22-13-7-6-11-16(22)14-8-2-1-3-9-14/h2,4-5,8-10,12,16H,1,3,6-7,11,13H2. The molecule has 2 nitrogen and oxygen atoms in total. The molecule has 1 aliphatic carbocycles. The molecule has 5 heteroatoms. The molecule has 1 heterocycles. The minimum absolute atomic E-state index is 0.0292. The first-order chi connectivity index (χ1) is 11.1. The van der Waals surface area contributed by atoms with E-state index >= 15 is 0 Å². The topological polar surface area (TPSA) is 12.5 Å². The summed E-state index contributed by atoms with van der Waals surface area (Å²) in [5, 5.41) is 1.72. The van der Waals surface area contributed by atoms with Crippen LogP contribution < -0.4 is 4.84 Å². The van der Waals surface area contributed by atoms with Gasteiger partial charge in [0.25, 0.3) is 0 Å². The molecule has 0 bridgehead atoms. The molecule has 1 aromatic rings. The van der Waals surface area contributed by atoms with Gasteiger partial charge in [0, 0.05) is 6.54 Å². The number of halogens is 3. The SMILES string of the molecule is FC(F)(F)c1ccccc1ON1CCCCC1C1=CCCC=C1. The Morgan fingerprint density at radius 2 is 1.91 bits per heavy atom. The summed E-state index contributed by atoms with van der Waals surface area (Å²) in [6.07, 6.45) is 6.86. The quantitative estimate of drug-likeness (QED) is 0.764. The van der Waals surface area contributed by atoms with E-state index in [1.165, 1.54) is 12.1 Å². The first-order valence-corrected chi connectivity index (χ1v) is 8.03. The van der Waals surface area contributed by atoms with Crippen LogP contribution in [0.25, 0.3) is 0 Å². The van der Waals surface area contributed by atoms with Crippen molar-refractivity contribution in [1.82, 2.24) is 5.06 Å². The Bertz CT molecular complexity index is 607. The van der Waals surface area contributed by atoms with Crippen LogP contribution in [0.3, 0.4) is 0 Å². The first-order valence-electron chi connectivity index (χ1n) is 8.03. The predicted octanol–water partition coefficient (Wildman–Crippen LogP) is 5.13. The van der Waals surface area contributed by atoms with Crippen LogP contribution in [0.1, 0.15) is 37.7 Å². The molecule has 1 atom stereocenters. The Hall–Kier alpha value is -1.75. The molecule has 3 rings (SSSR count). The van der Waals surface area contributed by atoms with Crippen molar-refractivity contribution in [2.24, 2.45) is 0 Å². The molecule has 124 valence electrons. The highest BCUT2D eigenvalue weighted by Gasteiger charge is 2.36. The molecule has 0 saturated carbocycles. The van der Waals surface area contributed by atoms with Crippen LogP contribution >= 0.6 is 0 Å². The lowest BCUT2D eigenvalue weighted by atomic mass is 9.93. The predicted molar refractivity (Wildman–Crippen MR) is 82.9 cm³/mol. The second-order valence-electron chi connectivity index (χ2n) is 5.92. The van der Waals surface area contributed by atoms with Gasteiger partial charge in [0.2, 0.25) is 0 Å². The van der Waals surface area contributed by atoms with Crippen molar-refractivity contribution in [3.05, 3.63) is 53.6 Å². The highest BCUT2D eigenvalue weighted by molar-refractivity contribution is 5.36. The molecule has 1 unspecified atom stereocenters. The number of hydroxylamine groups is 2. The zero-order valence-corrected chi connectivity index (χ0v) is 12.9. The van der Waals surface area contributed by atoms with Crippen molar-refractivity contribution in [1.29, 1.82) is 0 Å². The summed E-state index contributed by atoms with van der Waals surface area (Å²) in [4.78, 5) is 5.72. The molecular weight excluding hydrogens is 303 g/mol. The Labute approximate surface area is 134 Å². The second kappa shape index (κ2) is 6.79. The smallest absolute Gasteiger partial charge is 0.405 e. The second-order valence-corrected chi connectivity index (χ2v) is 5.92. The van der Waals surface area contributed by atoms with Gasteiger partial charge >= 0.3 is 6.18 Å². The van der Waals surface area contributed by atoms with Gasteiger partial charge in [0.1, 0.15) is 5.56 Å². The Morgan fingerprint density at radius 3 is 2.65 bits per heavy atom. The first kappa shape index (κ1) is 16.1. The van der Waals surface area contributed by atoms with E-state index in [2.05, 4.69) is 18.2 Å². The number of para-hydroxylation sites is 1. The molecule has 23 heavy (non-hydrogen) atoms. The van der Waals surface area contributed by atoms with E-state index in [0.717, 1.165) is 43.7 Å². The summed E-state index contributed by atoms with van der Waals surface area (Å²) in [5.41, 5.74) is 0.429. The van der Waals surface area contributed by atoms with Gasteiger partial charge in [-0.1, -0.05) is 36.8 Å². The average Bonchev–Trinajstić information content (AvgIpc) is 2.56. The number of hydrogen-bond acceptors (Lipinski definition) is 2. The number of nitrogens with zero attached hydrogens (tertiary/aromatic N) is 1. The van der Waals surface area contributed by atoms with Crippen molar-refractivity contribution in [3.63, 3.8) is 0 Å². The molecule has 0 aromatic heterocycles. The molecule has 0 N–H and O–H groups in total. The maximum absolute atomic E-state index is 13.1. The van der Waals surface area contributed by atoms with Gasteiger partial charge in [0.15, 0.2) is 5.75 Å². The van der Waals surface area contributed by atoms with E-state index in [1.54, 1.807) is 11.1 Å². The van der Waals surface area contributed by atoms with Crippen LogP contribution in [0.4, 0.5) is 13.2 Å². The zero-order chi connectivity index (χ0) is 16.3. The van der Waals surface area contributed by atoms with E-state index in [1.807, 2.05) is 0 Å². The maximum Gasteiger partial charge on any atom is 0.420 e. The minimum Gasteiger partial charge on any atom is -0.405 e. The third-order valence-electron chi connectivity index (χ3n) is 4.27. The lowest BCUT2D eigenvalue weighted by Crippen LogP contribution is -2.43. The van der Waals surface area contributed by atoms with Crippen LogP contribution in [-0.2, 0) is 6.18 Å². The van der Waals surface area contributed by atoms with Gasteiger partial charge in [-0.3, -0.25) is 0 Å². The van der Waals surface area contributed by atoms with Gasteiger partial charge in [-0.2, -0.15) is 13.2 Å². The summed E-state index contributed by atoms with van der Waals surface area (Å²) >= 11 is 0. The monoisotopic (exact) mass is 323 g/mol. The fourth-order valence-corrected chi connectivity index (χ4v) is 3.13. The molecular formula is C18H20F3NO. The van der Waals surface area contributed by atoms with Gasteiger partial charge in [0.05, 0.1) is 6.04 Å². The summed E-state index contributed by atoms with van der Waals surface area (Å²) in [5.74, 6) is -0.118. The van der Waals surface area contributed by atoms with Gasteiger partial charge in [-0.15, -0.1) is 5.06 Å². The maximum atomic E-state index is 13.1. The molecule has 0 spiro atoms. The Morgan fingerprint density at radius 1 is 1.09 bits per heavy atom. The molecule has 2 aliphatic rings. The summed E-state index contributed by atoms with van der Waals surface area (Å²) in [6.45, 7) is 0.641. The van der Waals surface area contributed by atoms with Gasteiger partial charge in [-0.05, 0) is 43.4 Å². The zero-order valence-electron chi connectivity index (χ0n) is 12.9. The lowest BCUT2D eigenvalue weighted by molar-refractivity contribution is -0.148. The third kappa shape index (κ3) is 3.78. The van der Waals surface area contributed by atoms with Crippen molar-refractivity contribution >= 4 is 0 Å². The van der Waals surface area contributed by atoms with Gasteiger partial charge in [-0.25, -0.2) is 0 Å². The van der Waals surface area contributed by atoms with E-state index < -0.39 is 11.7 Å². The summed E-state index contributed by atoms with van der Waals surface area (Å²) in [7, 11) is 0. The summed E-state index contributed by atoms with van der Waals surface area (Å²) in [6, 6.07) is 5.44. The van der Waals surface area contributed by atoms with E-state index in [4.69, 9.17) is 4.84 Å². The molecule has 1 saturated heterocycles. The van der Waals surface area contributed by atoms with Gasteiger partial charge < -0.3 is 4.84 Å². The number of benzene rings is 1. The largest absolute Gasteiger partial charge is 0.420 e. The number of allylic oxidation sites excluding steroid dienone is 2. The van der Waals surface area contributed by atoms with Crippen molar-refractivity contribution in [2.75, 3.05) is 6.54 Å². The van der Waals surface area contributed by atoms with Crippen LogP contribution in [0.2, 0.25) is 0 Å². The van der Waals surface area contributed by atoms with Crippen molar-refractivity contribution < 1.29 is 18.0 Å². The van der Waals surface area contributed by atoms with Crippen LogP contribution in [0, 0.1) is 0 Å². The highest BCUT2D eigenvalue weighted by atomic mass is 19.4. The van der Waals surface area contributed by atoms with Crippen molar-refractivity contribution in [3.8, 4) is 5.75 Å². The Balaban J connectivity index is 1.83. The van der Waals surface area contributed by atoms with Crippen LogP contribution in [-0.4, -0.2) is 17.6 Å². The average molecular weight is 323 g/mol. The minimum atomic E-state index is -4.41. The van der Waals surface area contributed by atoms with E-state index in [0.29, 0.717) is 6.54 Å². The van der Waals surface area contributed by atoms with Crippen molar-refractivity contribution in [2.45, 2.75) is 44.3 Å². The van der Waals surface area contributed by atoms with E-state index in [9.17, 15) is 13.2 Å². The van der Waals surface area contributed by atoms with Crippen LogP contribution in [0.15, 0.2) is 48.1 Å². The normalized spacial score (nSPS) is 22.7. The highest BCUT2D eigenvalue weighted by Crippen LogP contribution is 2.37. The molecule has 0 amide bonds. The molecule has 0 radical (unpaired) electrons. The number of rotatable bonds is 3. The summed E-state index contributed by atoms with van der Waals surface area (Å²) < 4.78 is 39.4. The number of piperidine rings is 1. The fraction of sp³-hybridized carbons (Fsp3) is 0.444. The fourth-order valence-electron chi connectivity index (χ4n) is 3.13. The number of alkyl halides is 3. The van der Waals surface area contributed by atoms with Crippen LogP contribution in [0.5, 0.6) is 5.75 Å². The number of hydrogen-bond donors (Lipinski definition) is 0. The Kier molecular flexibility index (Phi) is 4.76. The molecule has 1 aliphatic heterocycles. The third-order valence-corrected chi connectivity index (χ3v) is 4.27. The molecule has 1 fully saturated rings. The lowest BCUT2D eigenvalue weighted by Gasteiger charge is -2.36. The molecule has 1 aromatic carbocycles.